The Morgan fingerprint density at radius 1 is 0.833 bits per heavy atom. The van der Waals surface area contributed by atoms with Crippen LogP contribution >= 0.6 is 0 Å². The minimum atomic E-state index is -1.07. The molecule has 3 aromatic carbocycles. The highest BCUT2D eigenvalue weighted by Crippen LogP contribution is 2.15. The average molecular weight is 398 g/mol. The van der Waals surface area contributed by atoms with Gasteiger partial charge >= 0.3 is 5.97 Å². The number of ketones is 1. The number of nitriles is 1. The van der Waals surface area contributed by atoms with Crippen molar-refractivity contribution < 1.29 is 19.1 Å². The van der Waals surface area contributed by atoms with Gasteiger partial charge in [-0.2, -0.15) is 5.26 Å². The smallest absolute Gasteiger partial charge is 0.338 e. The Morgan fingerprint density at radius 3 is 2.07 bits per heavy atom. The second kappa shape index (κ2) is 9.30. The summed E-state index contributed by atoms with van der Waals surface area (Å²) in [5.74, 6) is -1.40. The summed E-state index contributed by atoms with van der Waals surface area (Å²) in [6, 6.07) is 23.4. The van der Waals surface area contributed by atoms with Crippen LogP contribution in [0.3, 0.4) is 0 Å². The predicted octanol–water partition coefficient (Wildman–Crippen LogP) is 3.97. The van der Waals surface area contributed by atoms with Gasteiger partial charge in [-0.15, -0.1) is 0 Å². The van der Waals surface area contributed by atoms with E-state index in [1.807, 2.05) is 12.1 Å². The fourth-order valence-electron chi connectivity index (χ4n) is 2.72. The second-order valence-corrected chi connectivity index (χ2v) is 6.47. The van der Waals surface area contributed by atoms with E-state index in [0.717, 1.165) is 0 Å². The molecule has 1 N–H and O–H groups in total. The van der Waals surface area contributed by atoms with Gasteiger partial charge in [-0.25, -0.2) is 4.79 Å². The number of benzene rings is 3. The van der Waals surface area contributed by atoms with Crippen molar-refractivity contribution in [3.8, 4) is 6.07 Å². The first-order valence-corrected chi connectivity index (χ1v) is 9.20. The SMILES string of the molecule is C[C@H](OC(=O)c1ccc(C(=O)c2ccccc2)cc1)C(=O)Nc1ccccc1C#N. The quantitative estimate of drug-likeness (QED) is 0.501. The maximum Gasteiger partial charge on any atom is 0.338 e. The number of nitrogens with one attached hydrogen (secondary N) is 1. The number of nitrogens with zero attached hydrogens (tertiary/aromatic N) is 1. The third kappa shape index (κ3) is 4.78. The lowest BCUT2D eigenvalue weighted by atomic mass is 10.0. The number of para-hydroxylation sites is 1. The number of carbonyl (C=O) groups excluding carboxylic acids is 3. The van der Waals surface area contributed by atoms with Gasteiger partial charge in [-0.3, -0.25) is 9.59 Å². The number of esters is 1. The van der Waals surface area contributed by atoms with Crippen LogP contribution < -0.4 is 5.32 Å². The Labute approximate surface area is 173 Å². The van der Waals surface area contributed by atoms with Gasteiger partial charge in [-0.05, 0) is 31.2 Å². The van der Waals surface area contributed by atoms with Crippen molar-refractivity contribution in [2.75, 3.05) is 5.32 Å². The number of rotatable bonds is 6. The molecule has 0 aromatic heterocycles. The Hall–Kier alpha value is -4.24. The topological polar surface area (TPSA) is 96.3 Å². The maximum atomic E-state index is 12.4. The number of hydrogen-bond donors (Lipinski definition) is 1. The fraction of sp³-hybridized carbons (Fsp3) is 0.0833. The molecule has 0 spiro atoms. The van der Waals surface area contributed by atoms with Gasteiger partial charge in [0.1, 0.15) is 6.07 Å². The molecular weight excluding hydrogens is 380 g/mol. The van der Waals surface area contributed by atoms with Crippen molar-refractivity contribution in [1.82, 2.24) is 0 Å². The van der Waals surface area contributed by atoms with Gasteiger partial charge in [0.05, 0.1) is 16.8 Å². The van der Waals surface area contributed by atoms with E-state index in [1.54, 1.807) is 60.7 Å². The minimum absolute atomic E-state index is 0.153. The molecule has 6 heteroatoms. The molecule has 0 heterocycles. The number of amides is 1. The minimum Gasteiger partial charge on any atom is -0.449 e. The molecular formula is C24H18N2O4. The first kappa shape index (κ1) is 20.5. The van der Waals surface area contributed by atoms with Crippen LogP contribution in [0.4, 0.5) is 5.69 Å². The Bertz CT molecular complexity index is 1120. The van der Waals surface area contributed by atoms with Crippen LogP contribution in [0, 0.1) is 11.3 Å². The largest absolute Gasteiger partial charge is 0.449 e. The molecule has 148 valence electrons. The summed E-state index contributed by atoms with van der Waals surface area (Å²) in [6.07, 6.45) is -1.07. The van der Waals surface area contributed by atoms with Gasteiger partial charge in [0, 0.05) is 11.1 Å². The molecule has 0 saturated carbocycles. The summed E-state index contributed by atoms with van der Waals surface area (Å²) in [5, 5.41) is 11.7. The molecule has 1 amide bonds. The Kier molecular flexibility index (Phi) is 6.36. The number of ether oxygens (including phenoxy) is 1. The van der Waals surface area contributed by atoms with Gasteiger partial charge < -0.3 is 10.1 Å². The molecule has 0 aliphatic heterocycles. The van der Waals surface area contributed by atoms with Gasteiger partial charge in [0.2, 0.25) is 0 Å². The van der Waals surface area contributed by atoms with Gasteiger partial charge in [-0.1, -0.05) is 54.6 Å². The third-order valence-electron chi connectivity index (χ3n) is 4.38. The molecule has 0 bridgehead atoms. The lowest BCUT2D eigenvalue weighted by Gasteiger charge is -2.14. The van der Waals surface area contributed by atoms with Crippen molar-refractivity contribution >= 4 is 23.3 Å². The molecule has 0 radical (unpaired) electrons. The zero-order chi connectivity index (χ0) is 21.5. The van der Waals surface area contributed by atoms with Crippen molar-refractivity contribution in [2.45, 2.75) is 13.0 Å². The molecule has 1 atom stereocenters. The molecule has 6 nitrogen and oxygen atoms in total. The van der Waals surface area contributed by atoms with E-state index in [-0.39, 0.29) is 11.3 Å². The first-order chi connectivity index (χ1) is 14.5. The predicted molar refractivity (Wildman–Crippen MR) is 111 cm³/mol. The van der Waals surface area contributed by atoms with Crippen LogP contribution in [-0.4, -0.2) is 23.8 Å². The van der Waals surface area contributed by atoms with Crippen LogP contribution in [0.5, 0.6) is 0 Å². The van der Waals surface area contributed by atoms with Crippen molar-refractivity contribution in [1.29, 1.82) is 5.26 Å². The molecule has 30 heavy (non-hydrogen) atoms. The lowest BCUT2D eigenvalue weighted by molar-refractivity contribution is -0.123. The van der Waals surface area contributed by atoms with Crippen molar-refractivity contribution in [2.24, 2.45) is 0 Å². The molecule has 0 saturated heterocycles. The molecule has 3 aromatic rings. The highest BCUT2D eigenvalue weighted by Gasteiger charge is 2.20. The van der Waals surface area contributed by atoms with E-state index in [2.05, 4.69) is 5.32 Å². The number of anilines is 1. The Morgan fingerprint density at radius 2 is 1.40 bits per heavy atom. The highest BCUT2D eigenvalue weighted by molar-refractivity contribution is 6.09. The standard InChI is InChI=1S/C24H18N2O4/c1-16(23(28)26-21-10-6-5-9-20(21)15-25)30-24(29)19-13-11-18(12-14-19)22(27)17-7-3-2-4-8-17/h2-14,16H,1H3,(H,26,28)/t16-/m0/s1. The van der Waals surface area contributed by atoms with Crippen molar-refractivity contribution in [3.63, 3.8) is 0 Å². The number of carbonyl (C=O) groups is 3. The monoisotopic (exact) mass is 398 g/mol. The molecule has 3 rings (SSSR count). The zero-order valence-electron chi connectivity index (χ0n) is 16.2. The molecule has 0 aliphatic carbocycles. The Balaban J connectivity index is 1.63. The van der Waals surface area contributed by atoms with Crippen LogP contribution in [0.15, 0.2) is 78.9 Å². The van der Waals surface area contributed by atoms with Gasteiger partial charge in [0.15, 0.2) is 11.9 Å². The van der Waals surface area contributed by atoms with E-state index < -0.39 is 18.0 Å². The maximum absolute atomic E-state index is 12.4. The summed E-state index contributed by atoms with van der Waals surface area (Å²) in [7, 11) is 0. The summed E-state index contributed by atoms with van der Waals surface area (Å²) >= 11 is 0. The molecule has 0 aliphatic rings. The van der Waals surface area contributed by atoms with E-state index in [9.17, 15) is 14.4 Å². The second-order valence-electron chi connectivity index (χ2n) is 6.47. The van der Waals surface area contributed by atoms with E-state index in [1.165, 1.54) is 19.1 Å². The van der Waals surface area contributed by atoms with Crippen LogP contribution in [0.25, 0.3) is 0 Å². The van der Waals surface area contributed by atoms with Crippen LogP contribution in [-0.2, 0) is 9.53 Å². The summed E-state index contributed by atoms with van der Waals surface area (Å²) < 4.78 is 5.21. The van der Waals surface area contributed by atoms with E-state index in [4.69, 9.17) is 10.00 Å². The number of hydrogen-bond acceptors (Lipinski definition) is 5. The van der Waals surface area contributed by atoms with Gasteiger partial charge in [0.25, 0.3) is 5.91 Å². The van der Waals surface area contributed by atoms with Crippen LogP contribution in [0.2, 0.25) is 0 Å². The summed E-state index contributed by atoms with van der Waals surface area (Å²) in [4.78, 5) is 37.1. The molecule has 0 fully saturated rings. The molecule has 0 unspecified atom stereocenters. The van der Waals surface area contributed by atoms with Crippen molar-refractivity contribution in [3.05, 3.63) is 101 Å². The summed E-state index contributed by atoms with van der Waals surface area (Å²) in [5.41, 5.74) is 1.86. The van der Waals surface area contributed by atoms with E-state index >= 15 is 0 Å². The van der Waals surface area contributed by atoms with E-state index in [0.29, 0.717) is 22.4 Å². The zero-order valence-corrected chi connectivity index (χ0v) is 16.2. The lowest BCUT2D eigenvalue weighted by Crippen LogP contribution is -2.30. The average Bonchev–Trinajstić information content (AvgIpc) is 2.79. The fourth-order valence-corrected chi connectivity index (χ4v) is 2.72. The third-order valence-corrected chi connectivity index (χ3v) is 4.38. The van der Waals surface area contributed by atoms with Crippen LogP contribution in [0.1, 0.15) is 38.8 Å². The first-order valence-electron chi connectivity index (χ1n) is 9.20. The normalized spacial score (nSPS) is 11.1. The summed E-state index contributed by atoms with van der Waals surface area (Å²) in [6.45, 7) is 1.44. The highest BCUT2D eigenvalue weighted by atomic mass is 16.5.